The van der Waals surface area contributed by atoms with E-state index in [1.807, 2.05) is 0 Å². The van der Waals surface area contributed by atoms with Gasteiger partial charge in [0.1, 0.15) is 0 Å². The van der Waals surface area contributed by atoms with Gasteiger partial charge in [-0.25, -0.2) is 0 Å². The van der Waals surface area contributed by atoms with E-state index in [1.165, 1.54) is 38.5 Å². The Morgan fingerprint density at radius 2 is 1.60 bits per heavy atom. The summed E-state index contributed by atoms with van der Waals surface area (Å²) in [6, 6.07) is 0. The van der Waals surface area contributed by atoms with Gasteiger partial charge >= 0.3 is 0 Å². The average Bonchev–Trinajstić information content (AvgIpc) is 2.47. The summed E-state index contributed by atoms with van der Waals surface area (Å²) >= 11 is 0. The predicted octanol–water partition coefficient (Wildman–Crippen LogP) is 3.94. The van der Waals surface area contributed by atoms with Gasteiger partial charge in [-0.3, -0.25) is 4.79 Å². The van der Waals surface area contributed by atoms with Crippen molar-refractivity contribution in [3.8, 4) is 0 Å². The van der Waals surface area contributed by atoms with E-state index in [0.717, 1.165) is 38.5 Å². The van der Waals surface area contributed by atoms with Crippen molar-refractivity contribution in [1.82, 2.24) is 5.32 Å². The first-order valence-electron chi connectivity index (χ1n) is 8.64. The largest absolute Gasteiger partial charge is 0.394 e. The van der Waals surface area contributed by atoms with Crippen molar-refractivity contribution in [3.05, 3.63) is 0 Å². The fraction of sp³-hybridized carbons (Fsp3) is 0.941. The van der Waals surface area contributed by atoms with E-state index in [9.17, 15) is 9.90 Å². The molecule has 1 aliphatic carbocycles. The number of hydrogen-bond donors (Lipinski definition) is 2. The minimum Gasteiger partial charge on any atom is -0.394 e. The van der Waals surface area contributed by atoms with Crippen LogP contribution in [0.2, 0.25) is 0 Å². The number of aliphatic hydroxyl groups is 1. The molecule has 0 aromatic heterocycles. The maximum absolute atomic E-state index is 12.0. The van der Waals surface area contributed by atoms with Gasteiger partial charge in [0, 0.05) is 6.42 Å². The minimum absolute atomic E-state index is 0.0930. The molecule has 2 N–H and O–H groups in total. The van der Waals surface area contributed by atoms with Crippen LogP contribution in [-0.4, -0.2) is 23.2 Å². The lowest BCUT2D eigenvalue weighted by atomic mass is 9.82. The van der Waals surface area contributed by atoms with Crippen LogP contribution in [0.4, 0.5) is 0 Å². The molecule has 0 spiro atoms. The number of carbonyl (C=O) groups excluding carboxylic acids is 1. The van der Waals surface area contributed by atoms with E-state index in [0.29, 0.717) is 6.42 Å². The van der Waals surface area contributed by atoms with Crippen LogP contribution >= 0.6 is 0 Å². The first-order valence-corrected chi connectivity index (χ1v) is 8.64. The summed E-state index contributed by atoms with van der Waals surface area (Å²) in [5, 5.41) is 12.7. The molecule has 0 unspecified atom stereocenters. The molecule has 1 saturated carbocycles. The van der Waals surface area contributed by atoms with Gasteiger partial charge in [-0.15, -0.1) is 0 Å². The maximum atomic E-state index is 12.0. The normalized spacial score (nSPS) is 17.9. The summed E-state index contributed by atoms with van der Waals surface area (Å²) in [5.41, 5.74) is -0.309. The van der Waals surface area contributed by atoms with Crippen molar-refractivity contribution in [1.29, 1.82) is 0 Å². The molecule has 0 bridgehead atoms. The standard InChI is InChI=1S/C17H33NO2/c1-2-3-4-5-6-7-9-12-16(20)18-17(15-19)13-10-8-11-14-17/h19H,2-15H2,1H3,(H,18,20). The molecule has 1 rings (SSSR count). The molecule has 0 aromatic carbocycles. The fourth-order valence-electron chi connectivity index (χ4n) is 3.15. The lowest BCUT2D eigenvalue weighted by Gasteiger charge is -2.36. The Hall–Kier alpha value is -0.570. The van der Waals surface area contributed by atoms with Gasteiger partial charge in [-0.1, -0.05) is 64.7 Å². The Labute approximate surface area is 124 Å². The summed E-state index contributed by atoms with van der Waals surface area (Å²) in [7, 11) is 0. The van der Waals surface area contributed by atoms with Gasteiger partial charge in [0.2, 0.25) is 5.91 Å². The van der Waals surface area contributed by atoms with Gasteiger partial charge in [-0.05, 0) is 19.3 Å². The summed E-state index contributed by atoms with van der Waals surface area (Å²) in [4.78, 5) is 12.0. The third kappa shape index (κ3) is 6.74. The number of rotatable bonds is 10. The predicted molar refractivity (Wildman–Crippen MR) is 83.7 cm³/mol. The van der Waals surface area contributed by atoms with Gasteiger partial charge in [0.25, 0.3) is 0 Å². The van der Waals surface area contributed by atoms with Crippen molar-refractivity contribution in [2.45, 2.75) is 95.9 Å². The molecule has 1 fully saturated rings. The zero-order valence-electron chi connectivity index (χ0n) is 13.3. The fourth-order valence-corrected chi connectivity index (χ4v) is 3.15. The van der Waals surface area contributed by atoms with Crippen LogP contribution in [0.15, 0.2) is 0 Å². The number of nitrogens with one attached hydrogen (secondary N) is 1. The molecule has 1 aliphatic rings. The Kier molecular flexibility index (Phi) is 8.92. The highest BCUT2D eigenvalue weighted by Crippen LogP contribution is 2.27. The van der Waals surface area contributed by atoms with Crippen LogP contribution in [-0.2, 0) is 4.79 Å². The SMILES string of the molecule is CCCCCCCCCC(=O)NC1(CO)CCCCC1. The summed E-state index contributed by atoms with van der Waals surface area (Å²) in [6.45, 7) is 2.32. The second-order valence-electron chi connectivity index (χ2n) is 6.42. The molecule has 0 heterocycles. The number of amides is 1. The van der Waals surface area contributed by atoms with Crippen molar-refractivity contribution >= 4 is 5.91 Å². The Morgan fingerprint density at radius 3 is 2.20 bits per heavy atom. The molecular formula is C17H33NO2. The van der Waals surface area contributed by atoms with E-state index in [-0.39, 0.29) is 18.1 Å². The smallest absolute Gasteiger partial charge is 0.220 e. The highest BCUT2D eigenvalue weighted by Gasteiger charge is 2.32. The molecule has 0 saturated heterocycles. The highest BCUT2D eigenvalue weighted by molar-refractivity contribution is 5.76. The molecule has 0 radical (unpaired) electrons. The molecule has 0 aliphatic heterocycles. The quantitative estimate of drug-likeness (QED) is 0.597. The number of aliphatic hydroxyl groups excluding tert-OH is 1. The van der Waals surface area contributed by atoms with Gasteiger partial charge in [-0.2, -0.15) is 0 Å². The third-order valence-electron chi connectivity index (χ3n) is 4.53. The first-order chi connectivity index (χ1) is 9.72. The van der Waals surface area contributed by atoms with Gasteiger partial charge < -0.3 is 10.4 Å². The molecule has 20 heavy (non-hydrogen) atoms. The zero-order valence-corrected chi connectivity index (χ0v) is 13.3. The van der Waals surface area contributed by atoms with Gasteiger partial charge in [0.05, 0.1) is 12.1 Å². The Balaban J connectivity index is 2.10. The van der Waals surface area contributed by atoms with Crippen LogP contribution in [0.1, 0.15) is 90.4 Å². The molecule has 0 atom stereocenters. The van der Waals surface area contributed by atoms with Crippen molar-refractivity contribution in [2.75, 3.05) is 6.61 Å². The monoisotopic (exact) mass is 283 g/mol. The van der Waals surface area contributed by atoms with Crippen LogP contribution in [0.3, 0.4) is 0 Å². The first kappa shape index (κ1) is 17.5. The third-order valence-corrected chi connectivity index (χ3v) is 4.53. The lowest BCUT2D eigenvalue weighted by molar-refractivity contribution is -0.124. The second-order valence-corrected chi connectivity index (χ2v) is 6.42. The van der Waals surface area contributed by atoms with E-state index in [1.54, 1.807) is 0 Å². The van der Waals surface area contributed by atoms with E-state index in [4.69, 9.17) is 0 Å². The average molecular weight is 283 g/mol. The lowest BCUT2D eigenvalue weighted by Crippen LogP contribution is -2.52. The molecular weight excluding hydrogens is 250 g/mol. The van der Waals surface area contributed by atoms with E-state index >= 15 is 0 Å². The summed E-state index contributed by atoms with van der Waals surface area (Å²) in [6.07, 6.45) is 14.6. The zero-order chi connectivity index (χ0) is 14.7. The molecule has 0 aromatic rings. The highest BCUT2D eigenvalue weighted by atomic mass is 16.3. The number of carbonyl (C=O) groups is 1. The van der Waals surface area contributed by atoms with Crippen LogP contribution in [0, 0.1) is 0 Å². The van der Waals surface area contributed by atoms with Gasteiger partial charge in [0.15, 0.2) is 0 Å². The van der Waals surface area contributed by atoms with Crippen molar-refractivity contribution < 1.29 is 9.90 Å². The van der Waals surface area contributed by atoms with Crippen molar-refractivity contribution in [2.24, 2.45) is 0 Å². The Morgan fingerprint density at radius 1 is 1.00 bits per heavy atom. The number of unbranched alkanes of at least 4 members (excludes halogenated alkanes) is 6. The maximum Gasteiger partial charge on any atom is 0.220 e. The summed E-state index contributed by atoms with van der Waals surface area (Å²) < 4.78 is 0. The molecule has 3 heteroatoms. The topological polar surface area (TPSA) is 49.3 Å². The van der Waals surface area contributed by atoms with E-state index < -0.39 is 0 Å². The van der Waals surface area contributed by atoms with Crippen LogP contribution in [0.5, 0.6) is 0 Å². The van der Waals surface area contributed by atoms with Crippen LogP contribution < -0.4 is 5.32 Å². The molecule has 118 valence electrons. The van der Waals surface area contributed by atoms with Crippen molar-refractivity contribution in [3.63, 3.8) is 0 Å². The Bertz CT molecular complexity index is 260. The second kappa shape index (κ2) is 10.2. The molecule has 1 amide bonds. The minimum atomic E-state index is -0.309. The number of hydrogen-bond acceptors (Lipinski definition) is 2. The van der Waals surface area contributed by atoms with Crippen LogP contribution in [0.25, 0.3) is 0 Å². The summed E-state index contributed by atoms with van der Waals surface area (Å²) in [5.74, 6) is 0.134. The molecule has 3 nitrogen and oxygen atoms in total. The van der Waals surface area contributed by atoms with E-state index in [2.05, 4.69) is 12.2 Å².